The first-order valence-corrected chi connectivity index (χ1v) is 9.15. The van der Waals surface area contributed by atoms with E-state index >= 15 is 0 Å². The van der Waals surface area contributed by atoms with Crippen LogP contribution in [0, 0.1) is 0 Å². The van der Waals surface area contributed by atoms with Crippen molar-refractivity contribution < 1.29 is 4.43 Å². The van der Waals surface area contributed by atoms with Gasteiger partial charge >= 0.3 is 0 Å². The summed E-state index contributed by atoms with van der Waals surface area (Å²) in [5.74, 6) is 0.984. The van der Waals surface area contributed by atoms with E-state index in [2.05, 4.69) is 58.1 Å². The molecule has 0 atom stereocenters. The summed E-state index contributed by atoms with van der Waals surface area (Å²) in [7, 11) is -1.71. The van der Waals surface area contributed by atoms with E-state index < -0.39 is 8.32 Å². The van der Waals surface area contributed by atoms with Gasteiger partial charge in [0.1, 0.15) is 5.75 Å². The Morgan fingerprint density at radius 2 is 1.65 bits per heavy atom. The molecule has 17 heavy (non-hydrogen) atoms. The highest BCUT2D eigenvalue weighted by Crippen LogP contribution is 2.37. The lowest BCUT2D eigenvalue weighted by Gasteiger charge is -2.36. The van der Waals surface area contributed by atoms with Gasteiger partial charge in [-0.3, -0.25) is 0 Å². The van der Waals surface area contributed by atoms with Gasteiger partial charge in [0.2, 0.25) is 8.32 Å². The Morgan fingerprint density at radius 3 is 2.06 bits per heavy atom. The second-order valence-electron chi connectivity index (χ2n) is 6.04. The second-order valence-corrected chi connectivity index (χ2v) is 10.8. The highest BCUT2D eigenvalue weighted by atomic mass is 28.4. The van der Waals surface area contributed by atoms with Crippen LogP contribution in [0.25, 0.3) is 0 Å². The Kier molecular flexibility index (Phi) is 4.39. The summed E-state index contributed by atoms with van der Waals surface area (Å²) in [6.45, 7) is 12.0. The maximum absolute atomic E-state index is 6.21. The molecule has 2 N–H and O–H groups in total. The Balaban J connectivity index is 2.76. The van der Waals surface area contributed by atoms with Crippen LogP contribution >= 0.6 is 0 Å². The average molecular weight is 251 g/mol. The maximum Gasteiger partial charge on any atom is 0.250 e. The second kappa shape index (κ2) is 5.23. The van der Waals surface area contributed by atoms with Crippen molar-refractivity contribution in [2.75, 3.05) is 6.54 Å². The molecule has 3 heteroatoms. The van der Waals surface area contributed by atoms with Crippen molar-refractivity contribution in [2.24, 2.45) is 5.73 Å². The van der Waals surface area contributed by atoms with Gasteiger partial charge in [-0.2, -0.15) is 0 Å². The summed E-state index contributed by atoms with van der Waals surface area (Å²) in [6.07, 6.45) is 0.931. The topological polar surface area (TPSA) is 35.2 Å². The van der Waals surface area contributed by atoms with Crippen LogP contribution in [0.1, 0.15) is 26.3 Å². The van der Waals surface area contributed by atoms with E-state index in [0.29, 0.717) is 6.54 Å². The van der Waals surface area contributed by atoms with Crippen LogP contribution in [0.2, 0.25) is 18.1 Å². The van der Waals surface area contributed by atoms with Gasteiger partial charge in [0.15, 0.2) is 0 Å². The Hall–Kier alpha value is -0.803. The van der Waals surface area contributed by atoms with E-state index in [9.17, 15) is 0 Å². The lowest BCUT2D eigenvalue weighted by atomic mass is 10.1. The van der Waals surface area contributed by atoms with Crippen molar-refractivity contribution in [3.8, 4) is 5.75 Å². The van der Waals surface area contributed by atoms with E-state index in [-0.39, 0.29) is 5.04 Å². The molecular weight excluding hydrogens is 226 g/mol. The van der Waals surface area contributed by atoms with Crippen LogP contribution in [0.4, 0.5) is 0 Å². The summed E-state index contributed by atoms with van der Waals surface area (Å²) in [4.78, 5) is 0. The summed E-state index contributed by atoms with van der Waals surface area (Å²) >= 11 is 0. The summed E-state index contributed by atoms with van der Waals surface area (Å²) in [5, 5.41) is 0.239. The molecular formula is C14H25NOSi. The van der Waals surface area contributed by atoms with Gasteiger partial charge in [-0.05, 0) is 48.8 Å². The van der Waals surface area contributed by atoms with E-state index in [1.54, 1.807) is 0 Å². The molecule has 0 unspecified atom stereocenters. The largest absolute Gasteiger partial charge is 0.544 e. The van der Waals surface area contributed by atoms with Crippen LogP contribution < -0.4 is 10.2 Å². The highest BCUT2D eigenvalue weighted by Gasteiger charge is 2.38. The van der Waals surface area contributed by atoms with Gasteiger partial charge < -0.3 is 10.2 Å². The summed E-state index contributed by atoms with van der Waals surface area (Å²) in [6, 6.07) is 8.33. The molecule has 0 spiro atoms. The molecule has 0 amide bonds. The minimum Gasteiger partial charge on any atom is -0.544 e. The molecule has 1 rings (SSSR count). The predicted octanol–water partition coefficient (Wildman–Crippen LogP) is 3.57. The minimum absolute atomic E-state index is 0.239. The van der Waals surface area contributed by atoms with E-state index in [0.717, 1.165) is 12.2 Å². The van der Waals surface area contributed by atoms with Crippen molar-refractivity contribution in [1.82, 2.24) is 0 Å². The van der Waals surface area contributed by atoms with Crippen LogP contribution in [-0.4, -0.2) is 14.9 Å². The van der Waals surface area contributed by atoms with Crippen molar-refractivity contribution in [2.45, 2.75) is 45.3 Å². The van der Waals surface area contributed by atoms with Gasteiger partial charge in [0.05, 0.1) is 0 Å². The van der Waals surface area contributed by atoms with Gasteiger partial charge in [0.25, 0.3) is 0 Å². The molecule has 2 nitrogen and oxygen atoms in total. The van der Waals surface area contributed by atoms with Gasteiger partial charge in [-0.15, -0.1) is 0 Å². The monoisotopic (exact) mass is 251 g/mol. The van der Waals surface area contributed by atoms with Crippen molar-refractivity contribution in [1.29, 1.82) is 0 Å². The molecule has 0 fully saturated rings. The Morgan fingerprint density at radius 1 is 1.12 bits per heavy atom. The number of benzene rings is 1. The Labute approximate surface area is 106 Å². The van der Waals surface area contributed by atoms with Crippen molar-refractivity contribution >= 4 is 8.32 Å². The van der Waals surface area contributed by atoms with Crippen LogP contribution in [0.15, 0.2) is 24.3 Å². The van der Waals surface area contributed by atoms with Gasteiger partial charge in [0, 0.05) is 0 Å². The fourth-order valence-electron chi connectivity index (χ4n) is 1.34. The first-order chi connectivity index (χ1) is 7.76. The van der Waals surface area contributed by atoms with Crippen LogP contribution in [0.5, 0.6) is 5.75 Å². The Bertz CT molecular complexity index is 351. The molecule has 0 aliphatic rings. The highest BCUT2D eigenvalue weighted by molar-refractivity contribution is 6.74. The molecule has 96 valence electrons. The smallest absolute Gasteiger partial charge is 0.250 e. The molecule has 0 saturated heterocycles. The van der Waals surface area contributed by atoms with Crippen molar-refractivity contribution in [3.63, 3.8) is 0 Å². The molecule has 0 bridgehead atoms. The van der Waals surface area contributed by atoms with Crippen molar-refractivity contribution in [3.05, 3.63) is 29.8 Å². The zero-order chi connectivity index (χ0) is 13.1. The first kappa shape index (κ1) is 14.3. The lowest BCUT2D eigenvalue weighted by molar-refractivity contribution is 0.492. The number of nitrogens with two attached hydrogens (primary N) is 1. The first-order valence-electron chi connectivity index (χ1n) is 6.24. The normalized spacial score (nSPS) is 12.6. The zero-order valence-corrected chi connectivity index (χ0v) is 12.7. The molecule has 1 aromatic carbocycles. The van der Waals surface area contributed by atoms with Gasteiger partial charge in [-0.25, -0.2) is 0 Å². The maximum atomic E-state index is 6.21. The molecule has 0 radical (unpaired) electrons. The van der Waals surface area contributed by atoms with Crippen LogP contribution in [0.3, 0.4) is 0 Å². The zero-order valence-electron chi connectivity index (χ0n) is 11.7. The summed E-state index contributed by atoms with van der Waals surface area (Å²) in [5.41, 5.74) is 6.81. The average Bonchev–Trinajstić information content (AvgIpc) is 2.19. The van der Waals surface area contributed by atoms with E-state index in [1.165, 1.54) is 5.56 Å². The molecule has 0 aliphatic carbocycles. The molecule has 1 aromatic rings. The number of hydrogen-bond donors (Lipinski definition) is 1. The molecule has 0 aliphatic heterocycles. The third kappa shape index (κ3) is 3.86. The molecule has 0 saturated carbocycles. The van der Waals surface area contributed by atoms with Crippen LogP contribution in [-0.2, 0) is 6.42 Å². The van der Waals surface area contributed by atoms with Gasteiger partial charge in [-0.1, -0.05) is 32.9 Å². The van der Waals surface area contributed by atoms with E-state index in [4.69, 9.17) is 10.2 Å². The number of hydrogen-bond acceptors (Lipinski definition) is 2. The minimum atomic E-state index is -1.71. The standard InChI is InChI=1S/C14H25NOSi/c1-14(2,3)17(4,5)16-13-8-6-12(7-9-13)10-11-15/h6-9H,10-11,15H2,1-5H3. The molecule has 0 aromatic heterocycles. The molecule has 0 heterocycles. The SMILES string of the molecule is CC(C)(C)[Si](C)(C)Oc1ccc(CCN)cc1. The fraction of sp³-hybridized carbons (Fsp3) is 0.571. The third-order valence-corrected chi connectivity index (χ3v) is 7.89. The predicted molar refractivity (Wildman–Crippen MR) is 77.0 cm³/mol. The summed E-state index contributed by atoms with van der Waals surface area (Å²) < 4.78 is 6.21. The number of rotatable bonds is 4. The van der Waals surface area contributed by atoms with E-state index in [1.807, 2.05) is 0 Å². The fourth-order valence-corrected chi connectivity index (χ4v) is 2.37. The lowest BCUT2D eigenvalue weighted by Crippen LogP contribution is -2.43. The quantitative estimate of drug-likeness (QED) is 0.830. The third-order valence-electron chi connectivity index (χ3n) is 3.54.